The number of piperidine rings is 1. The van der Waals surface area contributed by atoms with Crippen LogP contribution in [0.25, 0.3) is 0 Å². The topological polar surface area (TPSA) is 67.9 Å². The molecule has 1 aliphatic heterocycles. The largest absolute Gasteiger partial charge is 0.497 e. The number of benzene rings is 2. The van der Waals surface area contributed by atoms with Gasteiger partial charge < -0.3 is 19.7 Å². The highest BCUT2D eigenvalue weighted by atomic mass is 16.5. The van der Waals surface area contributed by atoms with Crippen molar-refractivity contribution in [2.45, 2.75) is 45.1 Å². The second-order valence-corrected chi connectivity index (χ2v) is 7.56. The number of esters is 1. The van der Waals surface area contributed by atoms with E-state index in [1.807, 2.05) is 48.5 Å². The third-order valence-corrected chi connectivity index (χ3v) is 5.31. The van der Waals surface area contributed by atoms with Crippen LogP contribution in [0.2, 0.25) is 0 Å². The second-order valence-electron chi connectivity index (χ2n) is 7.56. The first-order valence-corrected chi connectivity index (χ1v) is 10.5. The van der Waals surface area contributed by atoms with Crippen LogP contribution in [0, 0.1) is 0 Å². The van der Waals surface area contributed by atoms with Gasteiger partial charge in [0.2, 0.25) is 0 Å². The van der Waals surface area contributed by atoms with Crippen LogP contribution < -0.4 is 15.0 Å². The molecular formula is C24H30N2O4. The van der Waals surface area contributed by atoms with Crippen molar-refractivity contribution in [3.05, 3.63) is 54.1 Å². The summed E-state index contributed by atoms with van der Waals surface area (Å²) in [5.41, 5.74) is 2.88. The van der Waals surface area contributed by atoms with Crippen molar-refractivity contribution in [2.75, 3.05) is 30.4 Å². The summed E-state index contributed by atoms with van der Waals surface area (Å²) in [5, 5.41) is 2.82. The summed E-state index contributed by atoms with van der Waals surface area (Å²) in [6.45, 7) is 3.74. The van der Waals surface area contributed by atoms with Crippen LogP contribution in [0.5, 0.6) is 5.75 Å². The molecule has 1 aliphatic rings. The molecule has 0 aliphatic carbocycles. The Morgan fingerprint density at radius 3 is 2.30 bits per heavy atom. The molecule has 1 amide bonds. The van der Waals surface area contributed by atoms with E-state index in [4.69, 9.17) is 9.47 Å². The minimum absolute atomic E-state index is 0.217. The standard InChI is InChI=1S/C24H30N2O4/c1-18(30-23(27)15-8-19-6-13-22(29-2)14-7-19)24(28)25-20-9-11-21(12-10-20)26-16-4-3-5-17-26/h6-7,9-14,18H,3-5,8,15-17H2,1-2H3,(H,25,28)/t18-/m0/s1. The number of hydrogen-bond donors (Lipinski definition) is 1. The number of rotatable bonds is 8. The minimum Gasteiger partial charge on any atom is -0.497 e. The Balaban J connectivity index is 1.43. The molecule has 0 aromatic heterocycles. The minimum atomic E-state index is -0.852. The number of nitrogens with zero attached hydrogens (tertiary/aromatic N) is 1. The first kappa shape index (κ1) is 21.7. The van der Waals surface area contributed by atoms with Crippen LogP contribution in [-0.2, 0) is 20.7 Å². The molecule has 1 saturated heterocycles. The molecule has 2 aromatic rings. The highest BCUT2D eigenvalue weighted by Gasteiger charge is 2.18. The molecule has 0 bridgehead atoms. The molecule has 6 heteroatoms. The van der Waals surface area contributed by atoms with Crippen molar-refractivity contribution < 1.29 is 19.1 Å². The number of nitrogens with one attached hydrogen (secondary N) is 1. The maximum absolute atomic E-state index is 12.4. The van der Waals surface area contributed by atoms with Crippen LogP contribution in [0.1, 0.15) is 38.2 Å². The van der Waals surface area contributed by atoms with Gasteiger partial charge in [0.25, 0.3) is 5.91 Å². The monoisotopic (exact) mass is 410 g/mol. The Bertz CT molecular complexity index is 827. The second kappa shape index (κ2) is 10.7. The average Bonchev–Trinajstić information content (AvgIpc) is 2.79. The molecule has 2 aromatic carbocycles. The zero-order chi connectivity index (χ0) is 21.3. The van der Waals surface area contributed by atoms with E-state index in [0.717, 1.165) is 24.4 Å². The van der Waals surface area contributed by atoms with E-state index in [1.54, 1.807) is 14.0 Å². The first-order chi connectivity index (χ1) is 14.5. The van der Waals surface area contributed by atoms with Crippen LogP contribution in [0.3, 0.4) is 0 Å². The highest BCUT2D eigenvalue weighted by Crippen LogP contribution is 2.22. The van der Waals surface area contributed by atoms with Gasteiger partial charge in [-0.15, -0.1) is 0 Å². The van der Waals surface area contributed by atoms with E-state index < -0.39 is 12.1 Å². The molecule has 1 fully saturated rings. The zero-order valence-electron chi connectivity index (χ0n) is 17.7. The number of methoxy groups -OCH3 is 1. The van der Waals surface area contributed by atoms with E-state index in [1.165, 1.54) is 24.9 Å². The van der Waals surface area contributed by atoms with E-state index in [2.05, 4.69) is 10.2 Å². The molecule has 0 spiro atoms. The van der Waals surface area contributed by atoms with Gasteiger partial charge in [-0.05, 0) is 74.6 Å². The molecule has 6 nitrogen and oxygen atoms in total. The molecule has 1 heterocycles. The lowest BCUT2D eigenvalue weighted by atomic mass is 10.1. The van der Waals surface area contributed by atoms with Crippen molar-refractivity contribution in [3.63, 3.8) is 0 Å². The summed E-state index contributed by atoms with van der Waals surface area (Å²) in [6.07, 6.45) is 3.65. The Kier molecular flexibility index (Phi) is 7.71. The zero-order valence-corrected chi connectivity index (χ0v) is 17.7. The number of anilines is 2. The summed E-state index contributed by atoms with van der Waals surface area (Å²) < 4.78 is 10.4. The molecule has 160 valence electrons. The number of aryl methyl sites for hydroxylation is 1. The average molecular weight is 411 g/mol. The van der Waals surface area contributed by atoms with Crippen molar-refractivity contribution in [2.24, 2.45) is 0 Å². The van der Waals surface area contributed by atoms with E-state index in [9.17, 15) is 9.59 Å². The lowest BCUT2D eigenvalue weighted by Crippen LogP contribution is -2.30. The molecule has 0 radical (unpaired) electrons. The lowest BCUT2D eigenvalue weighted by Gasteiger charge is -2.28. The van der Waals surface area contributed by atoms with E-state index in [0.29, 0.717) is 12.1 Å². The molecule has 1 atom stereocenters. The van der Waals surface area contributed by atoms with Crippen LogP contribution >= 0.6 is 0 Å². The first-order valence-electron chi connectivity index (χ1n) is 10.5. The number of amides is 1. The quantitative estimate of drug-likeness (QED) is 0.661. The van der Waals surface area contributed by atoms with Gasteiger partial charge in [0.05, 0.1) is 7.11 Å². The maximum atomic E-state index is 12.4. The normalized spacial score (nSPS) is 14.7. The summed E-state index contributed by atoms with van der Waals surface area (Å²) in [5.74, 6) is 0.0445. The van der Waals surface area contributed by atoms with Crippen molar-refractivity contribution in [3.8, 4) is 5.75 Å². The van der Waals surface area contributed by atoms with E-state index >= 15 is 0 Å². The lowest BCUT2D eigenvalue weighted by molar-refractivity contribution is -0.153. The Labute approximate surface area is 178 Å². The van der Waals surface area contributed by atoms with Crippen LogP contribution in [0.4, 0.5) is 11.4 Å². The van der Waals surface area contributed by atoms with Gasteiger partial charge in [0.15, 0.2) is 6.10 Å². The highest BCUT2D eigenvalue weighted by molar-refractivity contribution is 5.95. The Morgan fingerprint density at radius 1 is 1.00 bits per heavy atom. The fraction of sp³-hybridized carbons (Fsp3) is 0.417. The molecule has 0 unspecified atom stereocenters. The number of hydrogen-bond acceptors (Lipinski definition) is 5. The van der Waals surface area contributed by atoms with Gasteiger partial charge >= 0.3 is 5.97 Å². The van der Waals surface area contributed by atoms with Gasteiger partial charge in [-0.1, -0.05) is 12.1 Å². The molecule has 0 saturated carbocycles. The Morgan fingerprint density at radius 2 is 1.67 bits per heavy atom. The third kappa shape index (κ3) is 6.24. The number of carbonyl (C=O) groups is 2. The predicted molar refractivity (Wildman–Crippen MR) is 118 cm³/mol. The van der Waals surface area contributed by atoms with Crippen molar-refractivity contribution in [1.82, 2.24) is 0 Å². The van der Waals surface area contributed by atoms with Gasteiger partial charge in [-0.25, -0.2) is 0 Å². The molecular weight excluding hydrogens is 380 g/mol. The molecule has 3 rings (SSSR count). The fourth-order valence-corrected chi connectivity index (χ4v) is 3.50. The molecule has 1 N–H and O–H groups in total. The number of carbonyl (C=O) groups excluding carboxylic acids is 2. The van der Waals surface area contributed by atoms with Gasteiger partial charge in [-0.2, -0.15) is 0 Å². The fourth-order valence-electron chi connectivity index (χ4n) is 3.50. The van der Waals surface area contributed by atoms with Crippen LogP contribution in [0.15, 0.2) is 48.5 Å². The van der Waals surface area contributed by atoms with Crippen molar-refractivity contribution >= 4 is 23.3 Å². The third-order valence-electron chi connectivity index (χ3n) is 5.31. The summed E-state index contributed by atoms with van der Waals surface area (Å²) in [6, 6.07) is 15.4. The summed E-state index contributed by atoms with van der Waals surface area (Å²) >= 11 is 0. The van der Waals surface area contributed by atoms with Gasteiger partial charge in [0, 0.05) is 30.9 Å². The van der Waals surface area contributed by atoms with Gasteiger partial charge in [0.1, 0.15) is 5.75 Å². The van der Waals surface area contributed by atoms with Crippen LogP contribution in [-0.4, -0.2) is 38.2 Å². The predicted octanol–water partition coefficient (Wildman–Crippen LogP) is 4.19. The summed E-state index contributed by atoms with van der Waals surface area (Å²) in [7, 11) is 1.61. The smallest absolute Gasteiger partial charge is 0.306 e. The maximum Gasteiger partial charge on any atom is 0.306 e. The number of ether oxygens (including phenoxy) is 2. The molecule has 30 heavy (non-hydrogen) atoms. The van der Waals surface area contributed by atoms with E-state index in [-0.39, 0.29) is 12.3 Å². The van der Waals surface area contributed by atoms with Gasteiger partial charge in [-0.3, -0.25) is 9.59 Å². The van der Waals surface area contributed by atoms with Crippen molar-refractivity contribution in [1.29, 1.82) is 0 Å². The summed E-state index contributed by atoms with van der Waals surface area (Å²) in [4.78, 5) is 26.8. The SMILES string of the molecule is COc1ccc(CCC(=O)O[C@@H](C)C(=O)Nc2ccc(N3CCCCC3)cc2)cc1. The Hall–Kier alpha value is -3.02.